The average molecular weight is 533 g/mol. The number of methoxy groups -OCH3 is 1. The standard InChI is InChI=1S/C17H24O13S3/c1-25-17-15(30-33(4,23)24)14(28-16(18)11-8-6-5-7-9-11)13(29-32(3,21)22)12(27-17)10-26-31(2,19)20/h5-9,12-15,17H,10H2,1-4H3. The third-order valence-corrected chi connectivity index (χ3v) is 5.80. The summed E-state index contributed by atoms with van der Waals surface area (Å²) in [4.78, 5) is 12.7. The van der Waals surface area contributed by atoms with Crippen LogP contribution in [0.4, 0.5) is 0 Å². The summed E-state index contributed by atoms with van der Waals surface area (Å²) in [5.74, 6) is -0.968. The van der Waals surface area contributed by atoms with Gasteiger partial charge in [0.2, 0.25) is 0 Å². The second-order valence-electron chi connectivity index (χ2n) is 7.03. The highest BCUT2D eigenvalue weighted by atomic mass is 32.2. The van der Waals surface area contributed by atoms with Crippen molar-refractivity contribution in [3.63, 3.8) is 0 Å². The molecule has 0 aromatic heterocycles. The Morgan fingerprint density at radius 1 is 0.848 bits per heavy atom. The number of rotatable bonds is 10. The number of hydrogen-bond donors (Lipinski definition) is 0. The molecule has 1 fully saturated rings. The Labute approximate surface area is 192 Å². The van der Waals surface area contributed by atoms with E-state index in [0.717, 1.165) is 13.4 Å². The van der Waals surface area contributed by atoms with E-state index in [1.807, 2.05) is 0 Å². The lowest BCUT2D eigenvalue weighted by atomic mass is 9.99. The molecule has 0 amide bonds. The van der Waals surface area contributed by atoms with Crippen LogP contribution in [0.3, 0.4) is 0 Å². The van der Waals surface area contributed by atoms with Gasteiger partial charge in [0.05, 0.1) is 30.9 Å². The lowest BCUT2D eigenvalue weighted by molar-refractivity contribution is -0.281. The van der Waals surface area contributed by atoms with E-state index >= 15 is 0 Å². The molecule has 0 aliphatic carbocycles. The Morgan fingerprint density at radius 3 is 1.88 bits per heavy atom. The molecule has 0 radical (unpaired) electrons. The smallest absolute Gasteiger partial charge is 0.338 e. The van der Waals surface area contributed by atoms with E-state index in [1.165, 1.54) is 24.3 Å². The van der Waals surface area contributed by atoms with Gasteiger partial charge in [0.15, 0.2) is 18.5 Å². The molecule has 1 heterocycles. The summed E-state index contributed by atoms with van der Waals surface area (Å²) < 4.78 is 101. The minimum Gasteiger partial charge on any atom is -0.453 e. The van der Waals surface area contributed by atoms with Crippen LogP contribution in [0.1, 0.15) is 10.4 Å². The summed E-state index contributed by atoms with van der Waals surface area (Å²) >= 11 is 0. The van der Waals surface area contributed by atoms with Gasteiger partial charge in [0.1, 0.15) is 12.2 Å². The topological polar surface area (TPSA) is 175 Å². The average Bonchev–Trinajstić information content (AvgIpc) is 2.67. The van der Waals surface area contributed by atoms with Crippen molar-refractivity contribution < 1.29 is 56.8 Å². The van der Waals surface area contributed by atoms with Crippen LogP contribution in [0, 0.1) is 0 Å². The molecule has 188 valence electrons. The molecular weight excluding hydrogens is 508 g/mol. The van der Waals surface area contributed by atoms with Crippen molar-refractivity contribution in [1.29, 1.82) is 0 Å². The van der Waals surface area contributed by atoms with E-state index in [-0.39, 0.29) is 5.56 Å². The maximum absolute atomic E-state index is 12.7. The van der Waals surface area contributed by atoms with Crippen LogP contribution in [0.5, 0.6) is 0 Å². The van der Waals surface area contributed by atoms with Crippen LogP contribution in [-0.2, 0) is 57.1 Å². The number of esters is 1. The molecule has 1 aliphatic heterocycles. The van der Waals surface area contributed by atoms with E-state index < -0.39 is 73.6 Å². The van der Waals surface area contributed by atoms with Crippen molar-refractivity contribution in [3.05, 3.63) is 35.9 Å². The zero-order chi connectivity index (χ0) is 25.0. The van der Waals surface area contributed by atoms with Crippen LogP contribution >= 0.6 is 0 Å². The largest absolute Gasteiger partial charge is 0.453 e. The van der Waals surface area contributed by atoms with Crippen molar-refractivity contribution in [1.82, 2.24) is 0 Å². The maximum Gasteiger partial charge on any atom is 0.338 e. The molecule has 0 saturated carbocycles. The molecule has 13 nitrogen and oxygen atoms in total. The van der Waals surface area contributed by atoms with E-state index in [0.29, 0.717) is 12.5 Å². The zero-order valence-electron chi connectivity index (χ0n) is 18.0. The lowest BCUT2D eigenvalue weighted by Crippen LogP contribution is -2.62. The number of hydrogen-bond acceptors (Lipinski definition) is 13. The summed E-state index contributed by atoms with van der Waals surface area (Å²) in [6.07, 6.45) is -6.10. The highest BCUT2D eigenvalue weighted by Crippen LogP contribution is 2.31. The predicted octanol–water partition coefficient (Wildman–Crippen LogP) is -0.751. The Morgan fingerprint density at radius 2 is 1.39 bits per heavy atom. The Kier molecular flexibility index (Phi) is 8.97. The molecule has 0 spiro atoms. The fraction of sp³-hybridized carbons (Fsp3) is 0.588. The van der Waals surface area contributed by atoms with Crippen LogP contribution in [0.15, 0.2) is 30.3 Å². The maximum atomic E-state index is 12.7. The first-order valence-electron chi connectivity index (χ1n) is 9.15. The van der Waals surface area contributed by atoms with Gasteiger partial charge in [-0.2, -0.15) is 25.3 Å². The number of ether oxygens (including phenoxy) is 3. The van der Waals surface area contributed by atoms with Crippen LogP contribution in [0.2, 0.25) is 0 Å². The van der Waals surface area contributed by atoms with Crippen LogP contribution in [0.25, 0.3) is 0 Å². The fourth-order valence-electron chi connectivity index (χ4n) is 2.92. The molecule has 1 aliphatic rings. The molecule has 1 saturated heterocycles. The highest BCUT2D eigenvalue weighted by molar-refractivity contribution is 7.86. The van der Waals surface area contributed by atoms with Crippen LogP contribution < -0.4 is 0 Å². The monoisotopic (exact) mass is 532 g/mol. The number of carbonyl (C=O) groups excluding carboxylic acids is 1. The van der Waals surface area contributed by atoms with Gasteiger partial charge < -0.3 is 14.2 Å². The van der Waals surface area contributed by atoms with E-state index in [2.05, 4.69) is 0 Å². The van der Waals surface area contributed by atoms with Gasteiger partial charge in [-0.1, -0.05) is 18.2 Å². The molecule has 1 aromatic carbocycles. The molecule has 5 atom stereocenters. The predicted molar refractivity (Wildman–Crippen MR) is 112 cm³/mol. The second-order valence-corrected chi connectivity index (χ2v) is 11.9. The number of carbonyl (C=O) groups is 1. The zero-order valence-corrected chi connectivity index (χ0v) is 20.5. The van der Waals surface area contributed by atoms with Gasteiger partial charge in [0, 0.05) is 7.11 Å². The van der Waals surface area contributed by atoms with Gasteiger partial charge in [-0.15, -0.1) is 0 Å². The van der Waals surface area contributed by atoms with E-state index in [1.54, 1.807) is 6.07 Å². The summed E-state index contributed by atoms with van der Waals surface area (Å²) in [7, 11) is -11.3. The Balaban J connectivity index is 2.53. The van der Waals surface area contributed by atoms with Crippen molar-refractivity contribution in [2.75, 3.05) is 32.5 Å². The normalized spacial score (nSPS) is 26.6. The van der Waals surface area contributed by atoms with Crippen molar-refractivity contribution in [3.8, 4) is 0 Å². The summed E-state index contributed by atoms with van der Waals surface area (Å²) in [5, 5.41) is 0. The highest BCUT2D eigenvalue weighted by Gasteiger charge is 2.53. The summed E-state index contributed by atoms with van der Waals surface area (Å²) in [6.45, 7) is -0.760. The molecule has 0 N–H and O–H groups in total. The molecule has 16 heteroatoms. The van der Waals surface area contributed by atoms with Gasteiger partial charge in [0.25, 0.3) is 30.4 Å². The van der Waals surface area contributed by atoms with Gasteiger partial charge in [-0.3, -0.25) is 12.5 Å². The molecule has 33 heavy (non-hydrogen) atoms. The minimum absolute atomic E-state index is 0.0538. The molecule has 1 aromatic rings. The molecular formula is C17H24O13S3. The first kappa shape index (κ1) is 27.6. The van der Waals surface area contributed by atoms with Crippen molar-refractivity contribution in [2.45, 2.75) is 30.7 Å². The van der Waals surface area contributed by atoms with Crippen LogP contribution in [-0.4, -0.2) is 94.4 Å². The quantitative estimate of drug-likeness (QED) is 0.272. The first-order valence-corrected chi connectivity index (χ1v) is 14.6. The summed E-state index contributed by atoms with van der Waals surface area (Å²) in [6, 6.07) is 7.51. The third kappa shape index (κ3) is 8.90. The van der Waals surface area contributed by atoms with Gasteiger partial charge in [-0.05, 0) is 12.1 Å². The molecule has 0 bridgehead atoms. The molecule has 5 unspecified atom stereocenters. The minimum atomic E-state index is -4.26. The third-order valence-electron chi connectivity index (χ3n) is 4.09. The second kappa shape index (κ2) is 10.7. The fourth-order valence-corrected chi connectivity index (χ4v) is 4.54. The van der Waals surface area contributed by atoms with Gasteiger partial charge >= 0.3 is 5.97 Å². The van der Waals surface area contributed by atoms with Crippen molar-refractivity contribution in [2.24, 2.45) is 0 Å². The molecule has 2 rings (SSSR count). The van der Waals surface area contributed by atoms with Gasteiger partial charge in [-0.25, -0.2) is 4.79 Å². The Bertz CT molecular complexity index is 1130. The first-order chi connectivity index (χ1) is 15.1. The van der Waals surface area contributed by atoms with E-state index in [4.69, 9.17) is 26.8 Å². The van der Waals surface area contributed by atoms with E-state index in [9.17, 15) is 30.0 Å². The number of benzene rings is 1. The SMILES string of the molecule is COC1OC(COS(C)(=O)=O)C(OS(C)(=O)=O)C(OC(=O)c2ccccc2)C1OS(C)(=O)=O. The lowest BCUT2D eigenvalue weighted by Gasteiger charge is -2.43. The van der Waals surface area contributed by atoms with Crippen molar-refractivity contribution >= 4 is 36.3 Å². The Hall–Kier alpha value is -1.66. The summed E-state index contributed by atoms with van der Waals surface area (Å²) in [5.41, 5.74) is 0.0538.